The molecule has 0 radical (unpaired) electrons. The predicted molar refractivity (Wildman–Crippen MR) is 80.1 cm³/mol. The van der Waals surface area contributed by atoms with Crippen LogP contribution >= 0.6 is 0 Å². The van der Waals surface area contributed by atoms with E-state index in [1.54, 1.807) is 0 Å². The number of nitro groups is 2. The van der Waals surface area contributed by atoms with E-state index in [4.69, 9.17) is 18.9 Å². The lowest BCUT2D eigenvalue weighted by atomic mass is 9.63. The van der Waals surface area contributed by atoms with Crippen molar-refractivity contribution < 1.29 is 28.8 Å². The van der Waals surface area contributed by atoms with E-state index in [2.05, 4.69) is 0 Å². The lowest BCUT2D eigenvalue weighted by molar-refractivity contribution is -0.640. The zero-order chi connectivity index (χ0) is 18.1. The fourth-order valence-electron chi connectivity index (χ4n) is 3.45. The normalized spacial score (nSPS) is 24.2. The van der Waals surface area contributed by atoms with E-state index in [1.165, 1.54) is 52.7 Å². The molecule has 0 heterocycles. The lowest BCUT2D eigenvalue weighted by Crippen LogP contribution is -2.82. The molecule has 2 rings (SSSR count). The monoisotopic (exact) mass is 342 g/mol. The highest BCUT2D eigenvalue weighted by atomic mass is 16.8. The van der Waals surface area contributed by atoms with Crippen LogP contribution in [0.1, 0.15) is 11.5 Å². The van der Waals surface area contributed by atoms with Crippen LogP contribution in [0.25, 0.3) is 0 Å². The van der Waals surface area contributed by atoms with Crippen LogP contribution in [0, 0.1) is 20.2 Å². The summed E-state index contributed by atoms with van der Waals surface area (Å²) in [7, 11) is 5.17. The second kappa shape index (κ2) is 6.40. The third-order valence-corrected chi connectivity index (χ3v) is 4.50. The third-order valence-electron chi connectivity index (χ3n) is 4.50. The first-order chi connectivity index (χ1) is 11.3. The minimum atomic E-state index is -1.76. The first kappa shape index (κ1) is 18.2. The fraction of sp³-hybridized carbons (Fsp3) is 0.571. The van der Waals surface area contributed by atoms with Crippen LogP contribution in [0.15, 0.2) is 24.3 Å². The molecule has 1 fully saturated rings. The molecule has 2 atom stereocenters. The highest BCUT2D eigenvalue weighted by Crippen LogP contribution is 2.59. The predicted octanol–water partition coefficient (Wildman–Crippen LogP) is 1.32. The average Bonchev–Trinajstić information content (AvgIpc) is 2.56. The Labute approximate surface area is 137 Å². The molecule has 1 aliphatic carbocycles. The van der Waals surface area contributed by atoms with Gasteiger partial charge in [0, 0.05) is 45.5 Å². The van der Waals surface area contributed by atoms with Crippen molar-refractivity contribution in [1.82, 2.24) is 0 Å². The highest BCUT2D eigenvalue weighted by molar-refractivity contribution is 5.39. The topological polar surface area (TPSA) is 123 Å². The Kier molecular flexibility index (Phi) is 4.85. The molecular formula is C14H18N2O8. The van der Waals surface area contributed by atoms with Crippen molar-refractivity contribution in [3.8, 4) is 0 Å². The molecule has 0 saturated heterocycles. The van der Waals surface area contributed by atoms with Crippen molar-refractivity contribution in [2.24, 2.45) is 0 Å². The third kappa shape index (κ3) is 2.18. The largest absolute Gasteiger partial charge is 0.348 e. The Morgan fingerprint density at radius 2 is 1.33 bits per heavy atom. The van der Waals surface area contributed by atoms with Crippen LogP contribution in [-0.4, -0.2) is 55.9 Å². The van der Waals surface area contributed by atoms with Crippen molar-refractivity contribution in [1.29, 1.82) is 0 Å². The van der Waals surface area contributed by atoms with E-state index in [9.17, 15) is 20.2 Å². The van der Waals surface area contributed by atoms with Crippen LogP contribution in [0.2, 0.25) is 0 Å². The number of hydrogen-bond acceptors (Lipinski definition) is 8. The van der Waals surface area contributed by atoms with Crippen LogP contribution in [0.3, 0.4) is 0 Å². The van der Waals surface area contributed by atoms with Gasteiger partial charge in [-0.1, -0.05) is 12.1 Å². The minimum absolute atomic E-state index is 0.124. The molecule has 0 aromatic heterocycles. The quantitative estimate of drug-likeness (QED) is 0.413. The lowest BCUT2D eigenvalue weighted by Gasteiger charge is -2.59. The highest BCUT2D eigenvalue weighted by Gasteiger charge is 2.83. The van der Waals surface area contributed by atoms with Crippen molar-refractivity contribution in [2.45, 2.75) is 23.5 Å². The molecule has 24 heavy (non-hydrogen) atoms. The van der Waals surface area contributed by atoms with Gasteiger partial charge < -0.3 is 18.9 Å². The van der Waals surface area contributed by atoms with Gasteiger partial charge in [-0.2, -0.15) is 0 Å². The van der Waals surface area contributed by atoms with Gasteiger partial charge in [0.1, 0.15) is 5.92 Å². The first-order valence-corrected chi connectivity index (χ1v) is 6.93. The molecule has 10 heteroatoms. The molecule has 0 unspecified atom stereocenters. The first-order valence-electron chi connectivity index (χ1n) is 6.93. The molecule has 0 N–H and O–H groups in total. The van der Waals surface area contributed by atoms with E-state index in [0.29, 0.717) is 5.56 Å². The van der Waals surface area contributed by atoms with Crippen molar-refractivity contribution in [2.75, 3.05) is 28.4 Å². The Morgan fingerprint density at radius 1 is 0.875 bits per heavy atom. The molecule has 0 amide bonds. The van der Waals surface area contributed by atoms with E-state index >= 15 is 0 Å². The molecule has 10 nitrogen and oxygen atoms in total. The van der Waals surface area contributed by atoms with Gasteiger partial charge in [0.15, 0.2) is 0 Å². The maximum Gasteiger partial charge on any atom is 0.294 e. The summed E-state index contributed by atoms with van der Waals surface area (Å²) < 4.78 is 21.4. The Balaban J connectivity index is 2.56. The number of methoxy groups -OCH3 is 4. The van der Waals surface area contributed by atoms with Crippen LogP contribution in [-0.2, 0) is 18.9 Å². The van der Waals surface area contributed by atoms with E-state index in [-0.39, 0.29) is 5.69 Å². The van der Waals surface area contributed by atoms with Crippen LogP contribution < -0.4 is 0 Å². The molecule has 0 spiro atoms. The van der Waals surface area contributed by atoms with Crippen LogP contribution in [0.4, 0.5) is 5.69 Å². The van der Waals surface area contributed by atoms with Gasteiger partial charge in [0.05, 0.1) is 4.92 Å². The molecule has 1 saturated carbocycles. The number of rotatable bonds is 7. The summed E-state index contributed by atoms with van der Waals surface area (Å²) in [4.78, 5) is 21.3. The maximum atomic E-state index is 11.6. The number of hydrogen-bond donors (Lipinski definition) is 0. The zero-order valence-electron chi connectivity index (χ0n) is 13.6. The Bertz CT molecular complexity index is 624. The summed E-state index contributed by atoms with van der Waals surface area (Å²) in [5, 5.41) is 22.4. The van der Waals surface area contributed by atoms with Gasteiger partial charge in [-0.05, 0) is 5.56 Å². The summed E-state index contributed by atoms with van der Waals surface area (Å²) in [6, 6.07) is 4.07. The zero-order valence-corrected chi connectivity index (χ0v) is 13.6. The Hall–Kier alpha value is -2.14. The average molecular weight is 342 g/mol. The second-order valence-corrected chi connectivity index (χ2v) is 5.21. The summed E-state index contributed by atoms with van der Waals surface area (Å²) in [6.07, 6.45) is 0. The molecule has 1 aromatic carbocycles. The molecule has 0 aliphatic heterocycles. The van der Waals surface area contributed by atoms with Gasteiger partial charge in [-0.15, -0.1) is 0 Å². The van der Waals surface area contributed by atoms with Crippen molar-refractivity contribution >= 4 is 5.69 Å². The number of ether oxygens (including phenoxy) is 4. The molecule has 1 aliphatic rings. The van der Waals surface area contributed by atoms with E-state index < -0.39 is 33.4 Å². The van der Waals surface area contributed by atoms with Gasteiger partial charge >= 0.3 is 0 Å². The van der Waals surface area contributed by atoms with Crippen molar-refractivity contribution in [3.05, 3.63) is 50.1 Å². The van der Waals surface area contributed by atoms with Gasteiger partial charge in [0.2, 0.25) is 5.79 Å². The van der Waals surface area contributed by atoms with Crippen molar-refractivity contribution in [3.63, 3.8) is 0 Å². The Morgan fingerprint density at radius 3 is 1.67 bits per heavy atom. The summed E-state index contributed by atoms with van der Waals surface area (Å²) in [5.74, 6) is -4.22. The second-order valence-electron chi connectivity index (χ2n) is 5.21. The van der Waals surface area contributed by atoms with Gasteiger partial charge in [0.25, 0.3) is 17.5 Å². The van der Waals surface area contributed by atoms with Gasteiger partial charge in [-0.3, -0.25) is 20.2 Å². The number of nitro benzene ring substituents is 1. The molecule has 132 valence electrons. The van der Waals surface area contributed by atoms with Gasteiger partial charge in [-0.25, -0.2) is 0 Å². The standard InChI is InChI=1S/C14H18N2O8/c1-21-13(22-2)11(9-5-7-10(8-6-9)15(17)18)12(16(19)20)14(13,23-3)24-4/h5-8,11-12H,1-4H3/t11-,12+/m0/s1. The molecular weight excluding hydrogens is 324 g/mol. The van der Waals surface area contributed by atoms with E-state index in [0.717, 1.165) is 0 Å². The fourth-order valence-corrected chi connectivity index (χ4v) is 3.45. The number of non-ortho nitro benzene ring substituents is 1. The molecule has 1 aromatic rings. The summed E-state index contributed by atoms with van der Waals surface area (Å²) >= 11 is 0. The number of benzene rings is 1. The van der Waals surface area contributed by atoms with Crippen LogP contribution in [0.5, 0.6) is 0 Å². The maximum absolute atomic E-state index is 11.6. The smallest absolute Gasteiger partial charge is 0.294 e. The number of nitrogens with zero attached hydrogens (tertiary/aromatic N) is 2. The SMILES string of the molecule is COC1(OC)[C@@H](c2ccc([N+](=O)[O-])cc2)[C@@H]([N+](=O)[O-])C1(OC)OC. The summed E-state index contributed by atoms with van der Waals surface area (Å²) in [5.41, 5.74) is 0.316. The minimum Gasteiger partial charge on any atom is -0.348 e. The molecule has 0 bridgehead atoms. The summed E-state index contributed by atoms with van der Waals surface area (Å²) in [6.45, 7) is 0. The van der Waals surface area contributed by atoms with E-state index in [1.807, 2.05) is 0 Å².